The summed E-state index contributed by atoms with van der Waals surface area (Å²) in [7, 11) is -3.83. The first-order valence-electron chi connectivity index (χ1n) is 11.5. The zero-order valence-corrected chi connectivity index (χ0v) is 20.4. The number of aryl methyl sites for hydroxylation is 1. The van der Waals surface area contributed by atoms with E-state index in [1.807, 2.05) is 19.1 Å². The maximum absolute atomic E-state index is 12.9. The third kappa shape index (κ3) is 5.17. The Labute approximate surface area is 200 Å². The largest absolute Gasteiger partial charge is 0.379 e. The SMILES string of the molecule is CCN1CCN(c2ccc(Nc3ccc(S(=O)(=O)N4CCOCC4)cc3[N+](=O)[O-])c(C)c2)CC1. The van der Waals surface area contributed by atoms with Gasteiger partial charge in [0.25, 0.3) is 5.69 Å². The number of hydrogen-bond donors (Lipinski definition) is 1. The van der Waals surface area contributed by atoms with Gasteiger partial charge >= 0.3 is 0 Å². The number of likely N-dealkylation sites (N-methyl/N-ethyl adjacent to an activating group) is 1. The van der Waals surface area contributed by atoms with E-state index in [0.717, 1.165) is 55.7 Å². The molecule has 0 atom stereocenters. The molecular formula is C23H31N5O5S. The number of ether oxygens (including phenoxy) is 1. The van der Waals surface area contributed by atoms with E-state index in [-0.39, 0.29) is 29.4 Å². The molecule has 10 nitrogen and oxygen atoms in total. The third-order valence-electron chi connectivity index (χ3n) is 6.44. The summed E-state index contributed by atoms with van der Waals surface area (Å²) in [6.45, 7) is 10.2. The van der Waals surface area contributed by atoms with Gasteiger partial charge < -0.3 is 19.9 Å². The van der Waals surface area contributed by atoms with Crippen molar-refractivity contribution < 1.29 is 18.1 Å². The van der Waals surface area contributed by atoms with Crippen LogP contribution in [0, 0.1) is 17.0 Å². The normalized spacial score (nSPS) is 18.1. The van der Waals surface area contributed by atoms with Crippen molar-refractivity contribution in [1.82, 2.24) is 9.21 Å². The van der Waals surface area contributed by atoms with Gasteiger partial charge in [0.2, 0.25) is 10.0 Å². The third-order valence-corrected chi connectivity index (χ3v) is 8.33. The van der Waals surface area contributed by atoms with E-state index in [1.54, 1.807) is 0 Å². The smallest absolute Gasteiger partial charge is 0.294 e. The Bertz CT molecular complexity index is 1140. The molecule has 2 aliphatic rings. The molecule has 2 aromatic carbocycles. The molecule has 0 radical (unpaired) electrons. The molecule has 2 aliphatic heterocycles. The average Bonchev–Trinajstić information content (AvgIpc) is 2.86. The van der Waals surface area contributed by atoms with Gasteiger partial charge in [0, 0.05) is 56.7 Å². The number of piperazine rings is 1. The van der Waals surface area contributed by atoms with E-state index >= 15 is 0 Å². The molecule has 0 bridgehead atoms. The van der Waals surface area contributed by atoms with E-state index < -0.39 is 14.9 Å². The topological polar surface area (TPSA) is 108 Å². The highest BCUT2D eigenvalue weighted by atomic mass is 32.2. The van der Waals surface area contributed by atoms with Crippen LogP contribution in [-0.4, -0.2) is 81.6 Å². The first kappa shape index (κ1) is 24.4. The molecule has 0 spiro atoms. The van der Waals surface area contributed by atoms with Crippen LogP contribution in [0.3, 0.4) is 0 Å². The molecular weight excluding hydrogens is 458 g/mol. The molecule has 2 saturated heterocycles. The van der Waals surface area contributed by atoms with Crippen molar-refractivity contribution in [2.24, 2.45) is 0 Å². The fourth-order valence-corrected chi connectivity index (χ4v) is 5.75. The number of rotatable bonds is 7. The fourth-order valence-electron chi connectivity index (χ4n) is 4.32. The summed E-state index contributed by atoms with van der Waals surface area (Å²) >= 11 is 0. The van der Waals surface area contributed by atoms with E-state index in [4.69, 9.17) is 4.74 Å². The Balaban J connectivity index is 1.55. The van der Waals surface area contributed by atoms with E-state index in [1.165, 1.54) is 16.4 Å². The van der Waals surface area contributed by atoms with Gasteiger partial charge in [0.05, 0.1) is 23.0 Å². The van der Waals surface area contributed by atoms with Crippen molar-refractivity contribution in [2.75, 3.05) is 69.2 Å². The van der Waals surface area contributed by atoms with Crippen LogP contribution in [0.25, 0.3) is 0 Å². The summed E-state index contributed by atoms with van der Waals surface area (Å²) < 4.78 is 32.4. The minimum Gasteiger partial charge on any atom is -0.379 e. The number of nitro groups is 1. The van der Waals surface area contributed by atoms with Gasteiger partial charge in [-0.25, -0.2) is 8.42 Å². The monoisotopic (exact) mass is 489 g/mol. The molecule has 2 fully saturated rings. The number of nitrogens with one attached hydrogen (secondary N) is 1. The van der Waals surface area contributed by atoms with Crippen LogP contribution >= 0.6 is 0 Å². The lowest BCUT2D eigenvalue weighted by atomic mass is 10.1. The van der Waals surface area contributed by atoms with Gasteiger partial charge in [-0.1, -0.05) is 6.92 Å². The van der Waals surface area contributed by atoms with Crippen molar-refractivity contribution in [3.63, 3.8) is 0 Å². The summed E-state index contributed by atoms with van der Waals surface area (Å²) in [5.74, 6) is 0. The number of anilines is 3. The quantitative estimate of drug-likeness (QED) is 0.467. The highest BCUT2D eigenvalue weighted by molar-refractivity contribution is 7.89. The van der Waals surface area contributed by atoms with Crippen LogP contribution in [-0.2, 0) is 14.8 Å². The van der Waals surface area contributed by atoms with E-state index in [9.17, 15) is 18.5 Å². The molecule has 0 unspecified atom stereocenters. The second kappa shape index (κ2) is 10.3. The predicted octanol–water partition coefficient (Wildman–Crippen LogP) is 2.81. The molecule has 11 heteroatoms. The summed E-state index contributed by atoms with van der Waals surface area (Å²) in [6, 6.07) is 10.0. The lowest BCUT2D eigenvalue weighted by Crippen LogP contribution is -2.46. The molecule has 184 valence electrons. The van der Waals surface area contributed by atoms with Crippen molar-refractivity contribution in [1.29, 1.82) is 0 Å². The lowest BCUT2D eigenvalue weighted by molar-refractivity contribution is -0.384. The molecule has 2 heterocycles. The summed E-state index contributed by atoms with van der Waals surface area (Å²) in [5.41, 5.74) is 2.78. The van der Waals surface area contributed by atoms with Gasteiger partial charge in [-0.15, -0.1) is 0 Å². The second-order valence-electron chi connectivity index (χ2n) is 8.50. The van der Waals surface area contributed by atoms with Gasteiger partial charge in [-0.3, -0.25) is 10.1 Å². The molecule has 2 aromatic rings. The first-order valence-corrected chi connectivity index (χ1v) is 12.9. The molecule has 0 aromatic heterocycles. The number of nitrogens with zero attached hydrogens (tertiary/aromatic N) is 4. The lowest BCUT2D eigenvalue weighted by Gasteiger charge is -2.35. The predicted molar refractivity (Wildman–Crippen MR) is 131 cm³/mol. The van der Waals surface area contributed by atoms with Gasteiger partial charge in [-0.05, 0) is 49.4 Å². The second-order valence-corrected chi connectivity index (χ2v) is 10.4. The van der Waals surface area contributed by atoms with Gasteiger partial charge in [-0.2, -0.15) is 4.31 Å². The zero-order valence-electron chi connectivity index (χ0n) is 19.6. The van der Waals surface area contributed by atoms with Crippen LogP contribution in [0.2, 0.25) is 0 Å². The van der Waals surface area contributed by atoms with E-state index in [0.29, 0.717) is 13.2 Å². The Morgan fingerprint density at radius 3 is 2.29 bits per heavy atom. The number of morpholine rings is 1. The van der Waals surface area contributed by atoms with Gasteiger partial charge in [0.1, 0.15) is 5.69 Å². The van der Waals surface area contributed by atoms with Crippen molar-refractivity contribution in [2.45, 2.75) is 18.7 Å². The van der Waals surface area contributed by atoms with Crippen LogP contribution in [0.1, 0.15) is 12.5 Å². The van der Waals surface area contributed by atoms with Crippen molar-refractivity contribution in [3.05, 3.63) is 52.1 Å². The Kier molecular flexibility index (Phi) is 7.36. The van der Waals surface area contributed by atoms with Crippen LogP contribution in [0.4, 0.5) is 22.7 Å². The minimum absolute atomic E-state index is 0.0926. The van der Waals surface area contributed by atoms with Crippen LogP contribution in [0.15, 0.2) is 41.3 Å². The number of sulfonamides is 1. The Hall–Kier alpha value is -2.73. The maximum atomic E-state index is 12.9. The molecule has 1 N–H and O–H groups in total. The number of nitro benzene ring substituents is 1. The van der Waals surface area contributed by atoms with Crippen LogP contribution in [0.5, 0.6) is 0 Å². The van der Waals surface area contributed by atoms with Crippen LogP contribution < -0.4 is 10.2 Å². The summed E-state index contributed by atoms with van der Waals surface area (Å²) in [5, 5.41) is 14.9. The summed E-state index contributed by atoms with van der Waals surface area (Å²) in [4.78, 5) is 15.9. The minimum atomic E-state index is -3.83. The number of hydrogen-bond acceptors (Lipinski definition) is 8. The fraction of sp³-hybridized carbons (Fsp3) is 0.478. The highest BCUT2D eigenvalue weighted by Crippen LogP contribution is 2.33. The van der Waals surface area contributed by atoms with Crippen molar-refractivity contribution >= 4 is 32.8 Å². The zero-order chi connectivity index (χ0) is 24.3. The van der Waals surface area contributed by atoms with Crippen molar-refractivity contribution in [3.8, 4) is 0 Å². The standard InChI is InChI=1S/C23H31N5O5S/c1-3-25-8-10-26(11-9-25)19-4-6-21(18(2)16-19)24-22-7-5-20(17-23(22)28(29)30)34(31,32)27-12-14-33-15-13-27/h4-7,16-17,24H,3,8-15H2,1-2H3. The maximum Gasteiger partial charge on any atom is 0.294 e. The van der Waals surface area contributed by atoms with E-state index in [2.05, 4.69) is 28.1 Å². The van der Waals surface area contributed by atoms with Gasteiger partial charge in [0.15, 0.2) is 0 Å². The molecule has 34 heavy (non-hydrogen) atoms. The molecule has 4 rings (SSSR count). The highest BCUT2D eigenvalue weighted by Gasteiger charge is 2.29. The number of benzene rings is 2. The first-order chi connectivity index (χ1) is 16.3. The molecule has 0 saturated carbocycles. The molecule has 0 amide bonds. The molecule has 0 aliphatic carbocycles. The average molecular weight is 490 g/mol. The Morgan fingerprint density at radius 2 is 1.68 bits per heavy atom. The Morgan fingerprint density at radius 1 is 1.00 bits per heavy atom. The summed E-state index contributed by atoms with van der Waals surface area (Å²) in [6.07, 6.45) is 0.